The summed E-state index contributed by atoms with van der Waals surface area (Å²) >= 11 is 0. The van der Waals surface area contributed by atoms with Crippen molar-refractivity contribution in [2.75, 3.05) is 40.4 Å². The van der Waals surface area contributed by atoms with E-state index in [2.05, 4.69) is 10.00 Å². The molecule has 0 unspecified atom stereocenters. The second-order valence-electron chi connectivity index (χ2n) is 7.42. The first kappa shape index (κ1) is 20.4. The topological polar surface area (TPSA) is 59.8 Å². The molecular weight excluding hydrogens is 356 g/mol. The van der Waals surface area contributed by atoms with E-state index in [1.807, 2.05) is 68.8 Å². The highest BCUT2D eigenvalue weighted by molar-refractivity contribution is 5.77. The molecule has 1 fully saturated rings. The molecule has 0 bridgehead atoms. The van der Waals surface area contributed by atoms with Crippen molar-refractivity contribution in [3.05, 3.63) is 48.3 Å². The van der Waals surface area contributed by atoms with E-state index in [-0.39, 0.29) is 18.1 Å². The van der Waals surface area contributed by atoms with Gasteiger partial charge in [-0.05, 0) is 32.6 Å². The minimum absolute atomic E-state index is 0.0718. The van der Waals surface area contributed by atoms with Crippen LogP contribution in [0.2, 0.25) is 0 Å². The van der Waals surface area contributed by atoms with Crippen molar-refractivity contribution in [3.63, 3.8) is 0 Å². The van der Waals surface area contributed by atoms with Gasteiger partial charge in [0, 0.05) is 38.3 Å². The van der Waals surface area contributed by atoms with Gasteiger partial charge < -0.3 is 19.3 Å². The Labute approximate surface area is 166 Å². The van der Waals surface area contributed by atoms with Crippen LogP contribution in [-0.2, 0) is 16.6 Å². The predicted octanol–water partition coefficient (Wildman–Crippen LogP) is 2.11. The number of rotatable bonds is 8. The van der Waals surface area contributed by atoms with Gasteiger partial charge in [0.05, 0.1) is 31.6 Å². The summed E-state index contributed by atoms with van der Waals surface area (Å²) in [6, 6.07) is 9.57. The molecule has 1 aliphatic rings. The van der Waals surface area contributed by atoms with Crippen molar-refractivity contribution in [2.24, 2.45) is 7.05 Å². The average molecular weight is 386 g/mol. The number of amides is 1. The Morgan fingerprint density at radius 3 is 2.79 bits per heavy atom. The summed E-state index contributed by atoms with van der Waals surface area (Å²) in [6.45, 7) is 2.43. The molecule has 3 rings (SSSR count). The SMILES string of the molecule is CN(C)C[C@@H]1OCCN(C(=O)CCCOc2ccccc2)[C@H]1c1cnn(C)c1. The summed E-state index contributed by atoms with van der Waals surface area (Å²) < 4.78 is 13.5. The summed E-state index contributed by atoms with van der Waals surface area (Å²) in [6.07, 6.45) is 4.88. The van der Waals surface area contributed by atoms with Gasteiger partial charge >= 0.3 is 0 Å². The molecule has 0 saturated carbocycles. The first-order valence-corrected chi connectivity index (χ1v) is 9.77. The van der Waals surface area contributed by atoms with Crippen LogP contribution in [-0.4, -0.2) is 72.0 Å². The normalized spacial score (nSPS) is 19.8. The Bertz CT molecular complexity index is 747. The van der Waals surface area contributed by atoms with Crippen LogP contribution in [0, 0.1) is 0 Å². The fraction of sp³-hybridized carbons (Fsp3) is 0.524. The first-order chi connectivity index (χ1) is 13.5. The third-order valence-corrected chi connectivity index (χ3v) is 4.83. The number of hydrogen-bond acceptors (Lipinski definition) is 5. The number of aryl methyl sites for hydroxylation is 1. The molecule has 1 amide bonds. The lowest BCUT2D eigenvalue weighted by Gasteiger charge is -2.42. The summed E-state index contributed by atoms with van der Waals surface area (Å²) in [7, 11) is 5.93. The van der Waals surface area contributed by atoms with Crippen molar-refractivity contribution >= 4 is 5.91 Å². The maximum Gasteiger partial charge on any atom is 0.223 e. The van der Waals surface area contributed by atoms with Crippen molar-refractivity contribution < 1.29 is 14.3 Å². The molecule has 0 spiro atoms. The van der Waals surface area contributed by atoms with Gasteiger partial charge in [0.1, 0.15) is 5.75 Å². The van der Waals surface area contributed by atoms with E-state index in [4.69, 9.17) is 9.47 Å². The van der Waals surface area contributed by atoms with Gasteiger partial charge in [-0.3, -0.25) is 9.48 Å². The quantitative estimate of drug-likeness (QED) is 0.651. The van der Waals surface area contributed by atoms with Gasteiger partial charge in [-0.2, -0.15) is 5.10 Å². The van der Waals surface area contributed by atoms with Crippen molar-refractivity contribution in [1.29, 1.82) is 0 Å². The van der Waals surface area contributed by atoms with E-state index in [0.717, 1.165) is 17.9 Å². The molecule has 1 aromatic carbocycles. The van der Waals surface area contributed by atoms with Crippen LogP contribution in [0.4, 0.5) is 0 Å². The average Bonchev–Trinajstić information content (AvgIpc) is 3.11. The Hall–Kier alpha value is -2.38. The van der Waals surface area contributed by atoms with Crippen molar-refractivity contribution in [2.45, 2.75) is 25.0 Å². The number of carbonyl (C=O) groups is 1. The molecule has 1 aliphatic heterocycles. The third-order valence-electron chi connectivity index (χ3n) is 4.83. The molecule has 28 heavy (non-hydrogen) atoms. The van der Waals surface area contributed by atoms with Gasteiger partial charge in [-0.1, -0.05) is 18.2 Å². The predicted molar refractivity (Wildman–Crippen MR) is 107 cm³/mol. The zero-order chi connectivity index (χ0) is 19.9. The molecule has 152 valence electrons. The Morgan fingerprint density at radius 2 is 2.11 bits per heavy atom. The van der Waals surface area contributed by atoms with E-state index >= 15 is 0 Å². The third kappa shape index (κ3) is 5.33. The second kappa shape index (κ2) is 9.71. The molecule has 7 heteroatoms. The number of morpholine rings is 1. The Kier molecular flexibility index (Phi) is 7.06. The first-order valence-electron chi connectivity index (χ1n) is 9.77. The number of hydrogen-bond donors (Lipinski definition) is 0. The summed E-state index contributed by atoms with van der Waals surface area (Å²) in [5.74, 6) is 0.971. The van der Waals surface area contributed by atoms with Crippen LogP contribution in [0.25, 0.3) is 0 Å². The van der Waals surface area contributed by atoms with Crippen molar-refractivity contribution in [1.82, 2.24) is 19.6 Å². The molecule has 0 radical (unpaired) electrons. The standard InChI is InChI=1S/C21H30N4O3/c1-23(2)16-19-21(17-14-22-24(3)15-17)25(11-13-28-19)20(26)10-7-12-27-18-8-5-4-6-9-18/h4-6,8-9,14-15,19,21H,7,10-13,16H2,1-3H3/t19-,21-/m0/s1. The van der Waals surface area contributed by atoms with Crippen LogP contribution in [0.15, 0.2) is 42.7 Å². The smallest absolute Gasteiger partial charge is 0.223 e. The van der Waals surface area contributed by atoms with E-state index in [0.29, 0.717) is 32.6 Å². The van der Waals surface area contributed by atoms with Gasteiger partial charge in [0.2, 0.25) is 5.91 Å². The maximum absolute atomic E-state index is 13.0. The lowest BCUT2D eigenvalue weighted by molar-refractivity contribution is -0.148. The van der Waals surface area contributed by atoms with Crippen LogP contribution in [0.5, 0.6) is 5.75 Å². The number of carbonyl (C=O) groups excluding carboxylic acids is 1. The fourth-order valence-electron chi connectivity index (χ4n) is 3.59. The lowest BCUT2D eigenvalue weighted by atomic mass is 10.00. The van der Waals surface area contributed by atoms with Gasteiger partial charge in [0.15, 0.2) is 0 Å². The highest BCUT2D eigenvalue weighted by Gasteiger charge is 2.37. The number of nitrogens with zero attached hydrogens (tertiary/aromatic N) is 4. The number of para-hydroxylation sites is 1. The highest BCUT2D eigenvalue weighted by Crippen LogP contribution is 2.30. The minimum atomic E-state index is -0.118. The number of likely N-dealkylation sites (N-methyl/N-ethyl adjacent to an activating group) is 1. The van der Waals surface area contributed by atoms with Crippen LogP contribution >= 0.6 is 0 Å². The van der Waals surface area contributed by atoms with Gasteiger partial charge in [-0.15, -0.1) is 0 Å². The number of aromatic nitrogens is 2. The Balaban J connectivity index is 1.62. The zero-order valence-corrected chi connectivity index (χ0v) is 17.0. The maximum atomic E-state index is 13.0. The highest BCUT2D eigenvalue weighted by atomic mass is 16.5. The van der Waals surface area contributed by atoms with Gasteiger partial charge in [0.25, 0.3) is 0 Å². The summed E-state index contributed by atoms with van der Waals surface area (Å²) in [4.78, 5) is 17.1. The zero-order valence-electron chi connectivity index (χ0n) is 17.0. The Morgan fingerprint density at radius 1 is 1.32 bits per heavy atom. The van der Waals surface area contributed by atoms with Gasteiger partial charge in [-0.25, -0.2) is 0 Å². The molecule has 2 aromatic rings. The van der Waals surface area contributed by atoms with Crippen LogP contribution in [0.1, 0.15) is 24.4 Å². The van der Waals surface area contributed by atoms with Crippen LogP contribution < -0.4 is 4.74 Å². The van der Waals surface area contributed by atoms with Crippen molar-refractivity contribution in [3.8, 4) is 5.75 Å². The molecule has 1 aromatic heterocycles. The van der Waals surface area contributed by atoms with E-state index in [1.54, 1.807) is 4.68 Å². The largest absolute Gasteiger partial charge is 0.494 e. The molecule has 2 atom stereocenters. The van der Waals surface area contributed by atoms with E-state index in [1.165, 1.54) is 0 Å². The number of ether oxygens (including phenoxy) is 2. The number of benzene rings is 1. The fourth-order valence-corrected chi connectivity index (χ4v) is 3.59. The molecule has 2 heterocycles. The van der Waals surface area contributed by atoms with E-state index in [9.17, 15) is 4.79 Å². The molecular formula is C21H30N4O3. The van der Waals surface area contributed by atoms with Crippen LogP contribution in [0.3, 0.4) is 0 Å². The summed E-state index contributed by atoms with van der Waals surface area (Å²) in [5.41, 5.74) is 1.02. The second-order valence-corrected chi connectivity index (χ2v) is 7.42. The molecule has 7 nitrogen and oxygen atoms in total. The minimum Gasteiger partial charge on any atom is -0.494 e. The molecule has 0 aliphatic carbocycles. The molecule has 1 saturated heterocycles. The molecule has 0 N–H and O–H groups in total. The lowest BCUT2D eigenvalue weighted by Crippen LogP contribution is -2.51. The van der Waals surface area contributed by atoms with E-state index < -0.39 is 0 Å². The summed E-state index contributed by atoms with van der Waals surface area (Å²) in [5, 5.41) is 4.30. The monoisotopic (exact) mass is 386 g/mol.